The maximum absolute atomic E-state index is 12.2. The van der Waals surface area contributed by atoms with Crippen molar-refractivity contribution in [2.24, 2.45) is 0 Å². The Balaban J connectivity index is 2.39. The molecule has 0 heterocycles. The number of benzene rings is 2. The molecule has 0 bridgehead atoms. The number of sulfonamides is 1. The van der Waals surface area contributed by atoms with Crippen LogP contribution in [-0.2, 0) is 10.0 Å². The van der Waals surface area contributed by atoms with Crippen LogP contribution in [0, 0.1) is 6.92 Å². The van der Waals surface area contributed by atoms with E-state index in [9.17, 15) is 13.5 Å². The topological polar surface area (TPSA) is 66.4 Å². The van der Waals surface area contributed by atoms with E-state index in [0.29, 0.717) is 10.7 Å². The van der Waals surface area contributed by atoms with Gasteiger partial charge in [0, 0.05) is 11.1 Å². The van der Waals surface area contributed by atoms with Crippen LogP contribution in [0.5, 0.6) is 5.75 Å². The standard InChI is InChI=1S/C13H12ClNO3S/c1-9-5-6-10(14)7-13(9)15-19(17,18)12-4-2-3-11(16)8-12/h2-8,15-16H,1H3. The molecule has 2 aromatic rings. The second-order valence-corrected chi connectivity index (χ2v) is 6.18. The number of nitrogens with one attached hydrogen (secondary N) is 1. The lowest BCUT2D eigenvalue weighted by Gasteiger charge is -2.11. The zero-order valence-electron chi connectivity index (χ0n) is 10.1. The first-order valence-electron chi connectivity index (χ1n) is 5.46. The van der Waals surface area contributed by atoms with Crippen LogP contribution in [0.15, 0.2) is 47.4 Å². The molecule has 6 heteroatoms. The molecule has 0 atom stereocenters. The van der Waals surface area contributed by atoms with Gasteiger partial charge in [0.1, 0.15) is 5.75 Å². The Bertz CT molecular complexity index is 714. The Kier molecular flexibility index (Phi) is 3.68. The number of hydrogen-bond donors (Lipinski definition) is 2. The molecule has 0 saturated heterocycles. The van der Waals surface area contributed by atoms with Crippen molar-refractivity contribution >= 4 is 27.3 Å². The van der Waals surface area contributed by atoms with Gasteiger partial charge in [0.25, 0.3) is 10.0 Å². The van der Waals surface area contributed by atoms with Crippen molar-refractivity contribution < 1.29 is 13.5 Å². The van der Waals surface area contributed by atoms with Crippen molar-refractivity contribution in [2.75, 3.05) is 4.72 Å². The van der Waals surface area contributed by atoms with Crippen LogP contribution in [0.1, 0.15) is 5.56 Å². The fourth-order valence-electron chi connectivity index (χ4n) is 1.56. The molecule has 4 nitrogen and oxygen atoms in total. The van der Waals surface area contributed by atoms with Gasteiger partial charge in [0.15, 0.2) is 0 Å². The predicted molar refractivity (Wildman–Crippen MR) is 75.1 cm³/mol. The van der Waals surface area contributed by atoms with Crippen molar-refractivity contribution in [1.29, 1.82) is 0 Å². The summed E-state index contributed by atoms with van der Waals surface area (Å²) in [7, 11) is -3.74. The number of halogens is 1. The summed E-state index contributed by atoms with van der Waals surface area (Å²) >= 11 is 5.84. The molecule has 2 N–H and O–H groups in total. The SMILES string of the molecule is Cc1ccc(Cl)cc1NS(=O)(=O)c1cccc(O)c1. The average Bonchev–Trinajstić information content (AvgIpc) is 2.33. The van der Waals surface area contributed by atoms with Gasteiger partial charge >= 0.3 is 0 Å². The van der Waals surface area contributed by atoms with Gasteiger partial charge < -0.3 is 5.11 Å². The highest BCUT2D eigenvalue weighted by atomic mass is 35.5. The van der Waals surface area contributed by atoms with Crippen LogP contribution in [-0.4, -0.2) is 13.5 Å². The molecule has 0 aromatic heterocycles. The summed E-state index contributed by atoms with van der Waals surface area (Å²) < 4.78 is 26.8. The minimum absolute atomic E-state index is 0.00752. The van der Waals surface area contributed by atoms with Gasteiger partial charge in [-0.25, -0.2) is 8.42 Å². The first-order valence-corrected chi connectivity index (χ1v) is 7.32. The lowest BCUT2D eigenvalue weighted by atomic mass is 10.2. The first kappa shape index (κ1) is 13.7. The van der Waals surface area contributed by atoms with Crippen LogP contribution in [0.2, 0.25) is 5.02 Å². The number of aromatic hydroxyl groups is 1. The largest absolute Gasteiger partial charge is 0.508 e. The third-order valence-electron chi connectivity index (χ3n) is 2.57. The molecule has 100 valence electrons. The van der Waals surface area contributed by atoms with E-state index >= 15 is 0 Å². The first-order chi connectivity index (χ1) is 8.88. The quantitative estimate of drug-likeness (QED) is 0.914. The molecule has 0 unspecified atom stereocenters. The summed E-state index contributed by atoms with van der Waals surface area (Å²) in [6, 6.07) is 10.4. The minimum atomic E-state index is -3.74. The van der Waals surface area contributed by atoms with Gasteiger partial charge in [0.2, 0.25) is 0 Å². The van der Waals surface area contributed by atoms with E-state index in [1.54, 1.807) is 19.1 Å². The molecule has 0 amide bonds. The molecule has 0 radical (unpaired) electrons. The molecule has 19 heavy (non-hydrogen) atoms. The van der Waals surface area contributed by atoms with E-state index in [0.717, 1.165) is 5.56 Å². The van der Waals surface area contributed by atoms with Gasteiger partial charge in [-0.05, 0) is 36.8 Å². The lowest BCUT2D eigenvalue weighted by molar-refractivity contribution is 0.473. The van der Waals surface area contributed by atoms with Crippen LogP contribution < -0.4 is 4.72 Å². The molecular formula is C13H12ClNO3S. The Morgan fingerprint density at radius 2 is 1.89 bits per heavy atom. The highest BCUT2D eigenvalue weighted by Crippen LogP contribution is 2.24. The fourth-order valence-corrected chi connectivity index (χ4v) is 2.89. The zero-order valence-corrected chi connectivity index (χ0v) is 11.7. The number of phenols is 1. The third-order valence-corrected chi connectivity index (χ3v) is 4.17. The van der Waals surface area contributed by atoms with Gasteiger partial charge in [-0.2, -0.15) is 0 Å². The maximum Gasteiger partial charge on any atom is 0.262 e. The second-order valence-electron chi connectivity index (χ2n) is 4.06. The van der Waals surface area contributed by atoms with E-state index in [1.165, 1.54) is 30.3 Å². The zero-order chi connectivity index (χ0) is 14.0. The summed E-state index contributed by atoms with van der Waals surface area (Å²) in [5.41, 5.74) is 1.17. The van der Waals surface area contributed by atoms with Crippen LogP contribution in [0.25, 0.3) is 0 Å². The Morgan fingerprint density at radius 1 is 1.16 bits per heavy atom. The van der Waals surface area contributed by atoms with E-state index in [4.69, 9.17) is 11.6 Å². The third kappa shape index (κ3) is 3.19. The van der Waals surface area contributed by atoms with E-state index in [-0.39, 0.29) is 10.6 Å². The highest BCUT2D eigenvalue weighted by Gasteiger charge is 2.15. The molecule has 0 spiro atoms. The summed E-state index contributed by atoms with van der Waals surface area (Å²) in [6.45, 7) is 1.77. The van der Waals surface area contributed by atoms with Gasteiger partial charge in [-0.1, -0.05) is 23.7 Å². The second kappa shape index (κ2) is 5.11. The molecule has 0 aliphatic rings. The fraction of sp³-hybridized carbons (Fsp3) is 0.0769. The minimum Gasteiger partial charge on any atom is -0.508 e. The molecule has 0 aliphatic carbocycles. The predicted octanol–water partition coefficient (Wildman–Crippen LogP) is 3.15. The molecule has 2 aromatic carbocycles. The van der Waals surface area contributed by atoms with Crippen molar-refractivity contribution in [1.82, 2.24) is 0 Å². The molecule has 0 saturated carbocycles. The highest BCUT2D eigenvalue weighted by molar-refractivity contribution is 7.92. The molecule has 0 aliphatic heterocycles. The summed E-state index contributed by atoms with van der Waals surface area (Å²) in [6.07, 6.45) is 0. The number of hydrogen-bond acceptors (Lipinski definition) is 3. The lowest BCUT2D eigenvalue weighted by Crippen LogP contribution is -2.13. The summed E-state index contributed by atoms with van der Waals surface area (Å²) in [4.78, 5) is -0.00752. The normalized spacial score (nSPS) is 11.3. The van der Waals surface area contributed by atoms with Crippen LogP contribution in [0.4, 0.5) is 5.69 Å². The van der Waals surface area contributed by atoms with Crippen molar-refractivity contribution in [2.45, 2.75) is 11.8 Å². The summed E-state index contributed by atoms with van der Waals surface area (Å²) in [5.74, 6) is -0.106. The summed E-state index contributed by atoms with van der Waals surface area (Å²) in [5, 5.41) is 9.77. The molecule has 0 fully saturated rings. The Hall–Kier alpha value is -1.72. The van der Waals surface area contributed by atoms with Gasteiger partial charge in [0.05, 0.1) is 10.6 Å². The number of anilines is 1. The van der Waals surface area contributed by atoms with E-state index in [2.05, 4.69) is 4.72 Å². The van der Waals surface area contributed by atoms with E-state index < -0.39 is 10.0 Å². The van der Waals surface area contributed by atoms with Gasteiger partial charge in [-0.3, -0.25) is 4.72 Å². The monoisotopic (exact) mass is 297 g/mol. The number of rotatable bonds is 3. The van der Waals surface area contributed by atoms with Crippen LogP contribution in [0.3, 0.4) is 0 Å². The van der Waals surface area contributed by atoms with Crippen molar-refractivity contribution in [3.8, 4) is 5.75 Å². The molecule has 2 rings (SSSR count). The number of phenolic OH excluding ortho intramolecular Hbond substituents is 1. The smallest absolute Gasteiger partial charge is 0.262 e. The van der Waals surface area contributed by atoms with E-state index in [1.807, 2.05) is 0 Å². The Labute approximate surface area is 116 Å². The van der Waals surface area contributed by atoms with Crippen molar-refractivity contribution in [3.05, 3.63) is 53.1 Å². The Morgan fingerprint density at radius 3 is 2.58 bits per heavy atom. The number of aryl methyl sites for hydroxylation is 1. The van der Waals surface area contributed by atoms with Crippen LogP contribution >= 0.6 is 11.6 Å². The van der Waals surface area contributed by atoms with Crippen molar-refractivity contribution in [3.63, 3.8) is 0 Å². The van der Waals surface area contributed by atoms with Gasteiger partial charge in [-0.15, -0.1) is 0 Å². The molecular weight excluding hydrogens is 286 g/mol. The average molecular weight is 298 g/mol. The maximum atomic E-state index is 12.2.